The predicted octanol–water partition coefficient (Wildman–Crippen LogP) is 2.39. The van der Waals surface area contributed by atoms with Crippen LogP contribution in [0.1, 0.15) is 25.8 Å². The highest BCUT2D eigenvalue weighted by Crippen LogP contribution is 2.26. The number of carboxylic acids is 1. The standard InChI is InChI=1S/C21H20F3N3O8.C2H6/c1-10-6-11(22)18(24)19(17(10)23)35-9-14(28)13(7-16(30)31)25-15(29)8-27-5-3-4-12(20(27)32)26-21(33)34-2;1-2/h3-6,13H,7-9H2,1-2H3,(H,25,29)(H,26,33)(H,30,31);1-2H3. The zero-order chi connectivity index (χ0) is 28.3. The minimum Gasteiger partial charge on any atom is -0.481 e. The van der Waals surface area contributed by atoms with Crippen LogP contribution < -0.4 is 20.9 Å². The molecule has 1 unspecified atom stereocenters. The largest absolute Gasteiger partial charge is 0.481 e. The van der Waals surface area contributed by atoms with Crippen LogP contribution in [-0.2, 0) is 25.7 Å². The van der Waals surface area contributed by atoms with Gasteiger partial charge in [-0.1, -0.05) is 13.8 Å². The summed E-state index contributed by atoms with van der Waals surface area (Å²) in [5, 5.41) is 13.3. The molecule has 0 saturated carbocycles. The second kappa shape index (κ2) is 14.3. The number of hydrogen-bond donors (Lipinski definition) is 3. The van der Waals surface area contributed by atoms with Gasteiger partial charge in [-0.05, 0) is 30.7 Å². The van der Waals surface area contributed by atoms with Crippen LogP contribution in [-0.4, -0.2) is 53.2 Å². The number of carboxylic acid groups (broad SMARTS) is 1. The molecule has 2 aromatic rings. The zero-order valence-electron chi connectivity index (χ0n) is 20.4. The van der Waals surface area contributed by atoms with E-state index in [-0.39, 0.29) is 11.3 Å². The Bertz CT molecular complexity index is 1190. The van der Waals surface area contributed by atoms with Crippen molar-refractivity contribution in [3.05, 3.63) is 57.8 Å². The molecule has 3 N–H and O–H groups in total. The number of benzene rings is 1. The van der Waals surface area contributed by atoms with Gasteiger partial charge in [-0.3, -0.25) is 24.5 Å². The molecule has 0 aliphatic heterocycles. The molecule has 0 aliphatic rings. The summed E-state index contributed by atoms with van der Waals surface area (Å²) in [7, 11) is 1.08. The lowest BCUT2D eigenvalue weighted by Crippen LogP contribution is -2.46. The first kappa shape index (κ1) is 30.7. The summed E-state index contributed by atoms with van der Waals surface area (Å²) in [6, 6.07) is 1.46. The van der Waals surface area contributed by atoms with Crippen molar-refractivity contribution in [3.63, 3.8) is 0 Å². The van der Waals surface area contributed by atoms with Gasteiger partial charge < -0.3 is 24.5 Å². The molecule has 2 rings (SSSR count). The van der Waals surface area contributed by atoms with Crippen molar-refractivity contribution in [3.8, 4) is 5.75 Å². The molecule has 0 fully saturated rings. The predicted molar refractivity (Wildman–Crippen MR) is 124 cm³/mol. The van der Waals surface area contributed by atoms with E-state index in [1.165, 1.54) is 18.3 Å². The van der Waals surface area contributed by atoms with E-state index in [1.54, 1.807) is 0 Å². The number of carbonyl (C=O) groups excluding carboxylic acids is 3. The molecule has 14 heteroatoms. The van der Waals surface area contributed by atoms with Crippen LogP contribution in [0.5, 0.6) is 5.75 Å². The van der Waals surface area contributed by atoms with E-state index in [0.29, 0.717) is 6.07 Å². The summed E-state index contributed by atoms with van der Waals surface area (Å²) in [5.74, 6) is -9.08. The molecule has 1 heterocycles. The molecule has 37 heavy (non-hydrogen) atoms. The zero-order valence-corrected chi connectivity index (χ0v) is 20.4. The van der Waals surface area contributed by atoms with Crippen molar-refractivity contribution in [1.29, 1.82) is 0 Å². The van der Waals surface area contributed by atoms with Gasteiger partial charge in [-0.15, -0.1) is 0 Å². The fourth-order valence-electron chi connectivity index (χ4n) is 2.80. The number of amides is 2. The Balaban J connectivity index is 0.00000334. The second-order valence-electron chi connectivity index (χ2n) is 7.08. The van der Waals surface area contributed by atoms with Gasteiger partial charge in [0.2, 0.25) is 11.7 Å². The highest BCUT2D eigenvalue weighted by atomic mass is 19.2. The Labute approximate surface area is 209 Å². The lowest BCUT2D eigenvalue weighted by molar-refractivity contribution is -0.140. The summed E-state index contributed by atoms with van der Waals surface area (Å²) >= 11 is 0. The topological polar surface area (TPSA) is 153 Å². The lowest BCUT2D eigenvalue weighted by Gasteiger charge is -2.17. The van der Waals surface area contributed by atoms with Crippen LogP contribution in [0.15, 0.2) is 29.2 Å². The highest BCUT2D eigenvalue weighted by Gasteiger charge is 2.26. The molecule has 0 radical (unpaired) electrons. The Morgan fingerprint density at radius 1 is 1.14 bits per heavy atom. The number of carbonyl (C=O) groups is 4. The second-order valence-corrected chi connectivity index (χ2v) is 7.08. The number of nitrogens with one attached hydrogen (secondary N) is 2. The van der Waals surface area contributed by atoms with E-state index in [1.807, 2.05) is 13.8 Å². The number of hydrogen-bond acceptors (Lipinski definition) is 7. The number of ketones is 1. The minimum atomic E-state index is -1.70. The number of methoxy groups -OCH3 is 1. The number of Topliss-reactive ketones (excluding diaryl/α,β-unsaturated/α-hetero) is 1. The molecule has 2 amide bonds. The van der Waals surface area contributed by atoms with E-state index in [0.717, 1.165) is 18.6 Å². The summed E-state index contributed by atoms with van der Waals surface area (Å²) in [4.78, 5) is 59.6. The first-order chi connectivity index (χ1) is 17.4. The van der Waals surface area contributed by atoms with E-state index in [2.05, 4.69) is 15.4 Å². The molecule has 0 saturated heterocycles. The van der Waals surface area contributed by atoms with Crippen LogP contribution in [0.3, 0.4) is 0 Å². The molecule has 1 aromatic carbocycles. The highest BCUT2D eigenvalue weighted by molar-refractivity contribution is 5.92. The Morgan fingerprint density at radius 3 is 2.38 bits per heavy atom. The van der Waals surface area contributed by atoms with E-state index < -0.39 is 78.1 Å². The molecular weight excluding hydrogens is 503 g/mol. The van der Waals surface area contributed by atoms with Gasteiger partial charge in [0.25, 0.3) is 5.56 Å². The normalized spacial score (nSPS) is 10.9. The number of nitrogens with zero attached hydrogens (tertiary/aromatic N) is 1. The summed E-state index contributed by atoms with van der Waals surface area (Å²) in [6.45, 7) is 3.37. The molecule has 202 valence electrons. The number of halogens is 3. The third-order valence-corrected chi connectivity index (χ3v) is 4.52. The fraction of sp³-hybridized carbons (Fsp3) is 0.348. The number of ether oxygens (including phenoxy) is 2. The van der Waals surface area contributed by atoms with E-state index in [4.69, 9.17) is 9.84 Å². The maximum absolute atomic E-state index is 14.1. The van der Waals surface area contributed by atoms with Crippen LogP contribution in [0, 0.1) is 24.4 Å². The molecule has 0 aliphatic carbocycles. The average Bonchev–Trinajstić information content (AvgIpc) is 2.85. The quantitative estimate of drug-likeness (QED) is 0.397. The molecule has 11 nitrogen and oxygen atoms in total. The van der Waals surface area contributed by atoms with Crippen LogP contribution >= 0.6 is 0 Å². The number of rotatable bonds is 10. The number of anilines is 1. The van der Waals surface area contributed by atoms with Gasteiger partial charge in [-0.2, -0.15) is 4.39 Å². The number of pyridine rings is 1. The first-order valence-corrected chi connectivity index (χ1v) is 10.8. The van der Waals surface area contributed by atoms with Crippen molar-refractivity contribution in [2.75, 3.05) is 19.0 Å². The molecule has 0 bridgehead atoms. The van der Waals surface area contributed by atoms with Crippen LogP contribution in [0.2, 0.25) is 0 Å². The van der Waals surface area contributed by atoms with Gasteiger partial charge in [-0.25, -0.2) is 13.6 Å². The van der Waals surface area contributed by atoms with E-state index in [9.17, 15) is 37.1 Å². The van der Waals surface area contributed by atoms with Crippen LogP contribution in [0.25, 0.3) is 0 Å². The maximum Gasteiger partial charge on any atom is 0.411 e. The third kappa shape index (κ3) is 8.66. The van der Waals surface area contributed by atoms with Crippen molar-refractivity contribution in [2.24, 2.45) is 0 Å². The van der Waals surface area contributed by atoms with Gasteiger partial charge >= 0.3 is 12.1 Å². The van der Waals surface area contributed by atoms with Gasteiger partial charge in [0, 0.05) is 6.20 Å². The van der Waals surface area contributed by atoms with Gasteiger partial charge in [0.15, 0.2) is 23.2 Å². The average molecular weight is 529 g/mol. The smallest absolute Gasteiger partial charge is 0.411 e. The summed E-state index contributed by atoms with van der Waals surface area (Å²) in [5.41, 5.74) is -1.31. The maximum atomic E-state index is 14.1. The number of aryl methyl sites for hydroxylation is 1. The number of aliphatic carboxylic acids is 1. The Kier molecular flexibility index (Phi) is 11.8. The summed E-state index contributed by atoms with van der Waals surface area (Å²) < 4.78 is 51.4. The van der Waals surface area contributed by atoms with Crippen molar-refractivity contribution < 1.29 is 46.9 Å². The summed E-state index contributed by atoms with van der Waals surface area (Å²) in [6.07, 6.45) is -0.656. The fourth-order valence-corrected chi connectivity index (χ4v) is 2.80. The van der Waals surface area contributed by atoms with Gasteiger partial charge in [0.1, 0.15) is 24.9 Å². The first-order valence-electron chi connectivity index (χ1n) is 10.8. The molecule has 1 aromatic heterocycles. The van der Waals surface area contributed by atoms with Crippen molar-refractivity contribution in [1.82, 2.24) is 9.88 Å². The minimum absolute atomic E-state index is 0.215. The third-order valence-electron chi connectivity index (χ3n) is 4.52. The molecular formula is C23H26F3N3O8. The number of aromatic nitrogens is 1. The Morgan fingerprint density at radius 2 is 1.78 bits per heavy atom. The van der Waals surface area contributed by atoms with Gasteiger partial charge in [0.05, 0.1) is 13.5 Å². The lowest BCUT2D eigenvalue weighted by atomic mass is 10.1. The van der Waals surface area contributed by atoms with Crippen molar-refractivity contribution in [2.45, 2.75) is 39.8 Å². The monoisotopic (exact) mass is 529 g/mol. The molecule has 0 spiro atoms. The van der Waals surface area contributed by atoms with Crippen LogP contribution in [0.4, 0.5) is 23.7 Å². The Hall–Kier alpha value is -4.36. The molecule has 1 atom stereocenters. The van der Waals surface area contributed by atoms with E-state index >= 15 is 0 Å². The van der Waals surface area contributed by atoms with Crippen molar-refractivity contribution >= 4 is 29.4 Å². The SMILES string of the molecule is CC.COC(=O)Nc1cccn(CC(=O)NC(CC(=O)O)C(=O)COc2c(F)c(C)cc(F)c2F)c1=O.